The monoisotopic (exact) mass is 386 g/mol. The predicted molar refractivity (Wildman–Crippen MR) is 109 cm³/mol. The minimum atomic E-state index is -0.322. The molecule has 2 aromatic heterocycles. The van der Waals surface area contributed by atoms with E-state index in [0.29, 0.717) is 12.5 Å². The summed E-state index contributed by atoms with van der Waals surface area (Å²) in [5.41, 5.74) is 3.46. The second-order valence-electron chi connectivity index (χ2n) is 6.66. The van der Waals surface area contributed by atoms with Gasteiger partial charge in [-0.25, -0.2) is 9.97 Å². The molecule has 136 valence electrons. The third kappa shape index (κ3) is 4.24. The fraction of sp³-hybridized carbons (Fsp3) is 0.350. The molecule has 0 amide bonds. The molecule has 3 aromatic rings. The Balaban J connectivity index is 1.90. The minimum absolute atomic E-state index is 0.206. The number of thiophene rings is 1. The van der Waals surface area contributed by atoms with Gasteiger partial charge in [0.1, 0.15) is 21.4 Å². The van der Waals surface area contributed by atoms with Crippen LogP contribution in [0, 0.1) is 12.8 Å². The van der Waals surface area contributed by atoms with Crippen LogP contribution in [0.2, 0.25) is 0 Å². The Hall–Kier alpha value is -1.92. The van der Waals surface area contributed by atoms with Crippen LogP contribution in [0.15, 0.2) is 41.0 Å². The Morgan fingerprint density at radius 2 is 1.92 bits per heavy atom. The summed E-state index contributed by atoms with van der Waals surface area (Å²) < 4.78 is 5.36. The molecular weight excluding hydrogens is 364 g/mol. The van der Waals surface area contributed by atoms with Crippen LogP contribution in [0.4, 0.5) is 0 Å². The minimum Gasteiger partial charge on any atom is -0.465 e. The Morgan fingerprint density at radius 3 is 2.62 bits per heavy atom. The highest BCUT2D eigenvalue weighted by atomic mass is 32.2. The third-order valence-corrected chi connectivity index (χ3v) is 5.84. The van der Waals surface area contributed by atoms with Crippen LogP contribution in [0.25, 0.3) is 21.3 Å². The molecule has 0 fully saturated rings. The molecule has 0 N–H and O–H groups in total. The molecular formula is C20H22N2O2S2. The van der Waals surface area contributed by atoms with E-state index in [9.17, 15) is 4.79 Å². The number of ether oxygens (including phenoxy) is 1. The maximum Gasteiger partial charge on any atom is 0.319 e. The van der Waals surface area contributed by atoms with E-state index in [2.05, 4.69) is 46.5 Å². The standard InChI is InChI=1S/C20H22N2O2S2/c1-12(2)9-24-20(23)14(4)26-19-17-16(10-25-18(17)21-11-22-19)15-7-5-13(3)6-8-15/h5-8,10-12,14H,9H2,1-4H3/t14-/m0/s1. The van der Waals surface area contributed by atoms with Crippen LogP contribution < -0.4 is 0 Å². The number of aromatic nitrogens is 2. The van der Waals surface area contributed by atoms with Gasteiger partial charge in [-0.1, -0.05) is 55.4 Å². The summed E-state index contributed by atoms with van der Waals surface area (Å²) >= 11 is 3.03. The van der Waals surface area contributed by atoms with Crippen molar-refractivity contribution in [1.82, 2.24) is 9.97 Å². The number of rotatable bonds is 6. The van der Waals surface area contributed by atoms with Gasteiger partial charge in [-0.05, 0) is 25.3 Å². The van der Waals surface area contributed by atoms with Crippen LogP contribution in [-0.2, 0) is 9.53 Å². The lowest BCUT2D eigenvalue weighted by molar-refractivity contribution is -0.143. The zero-order chi connectivity index (χ0) is 18.7. The number of hydrogen-bond acceptors (Lipinski definition) is 6. The number of carbonyl (C=O) groups excluding carboxylic acids is 1. The van der Waals surface area contributed by atoms with Crippen molar-refractivity contribution in [2.45, 2.75) is 38.0 Å². The van der Waals surface area contributed by atoms with Crippen molar-refractivity contribution in [3.8, 4) is 11.1 Å². The molecule has 0 bridgehead atoms. The highest BCUT2D eigenvalue weighted by molar-refractivity contribution is 8.00. The number of carbonyl (C=O) groups is 1. The molecule has 1 aromatic carbocycles. The molecule has 0 saturated carbocycles. The Labute approximate surface area is 162 Å². The van der Waals surface area contributed by atoms with Gasteiger partial charge in [0, 0.05) is 10.9 Å². The van der Waals surface area contributed by atoms with Crippen molar-refractivity contribution in [3.63, 3.8) is 0 Å². The molecule has 0 spiro atoms. The molecule has 0 aliphatic carbocycles. The fourth-order valence-corrected chi connectivity index (χ4v) is 4.38. The molecule has 26 heavy (non-hydrogen) atoms. The average molecular weight is 387 g/mol. The van der Waals surface area contributed by atoms with Crippen LogP contribution >= 0.6 is 23.1 Å². The first-order valence-corrected chi connectivity index (χ1v) is 10.3. The van der Waals surface area contributed by atoms with E-state index in [1.807, 2.05) is 20.8 Å². The second-order valence-corrected chi connectivity index (χ2v) is 8.85. The van der Waals surface area contributed by atoms with Crippen molar-refractivity contribution in [3.05, 3.63) is 41.5 Å². The molecule has 1 atom stereocenters. The van der Waals surface area contributed by atoms with E-state index in [0.717, 1.165) is 26.4 Å². The van der Waals surface area contributed by atoms with Crippen molar-refractivity contribution in [1.29, 1.82) is 0 Å². The van der Waals surface area contributed by atoms with Crippen LogP contribution in [0.5, 0.6) is 0 Å². The normalized spacial score (nSPS) is 12.5. The third-order valence-electron chi connectivity index (χ3n) is 3.88. The molecule has 0 unspecified atom stereocenters. The summed E-state index contributed by atoms with van der Waals surface area (Å²) in [7, 11) is 0. The topological polar surface area (TPSA) is 52.1 Å². The number of fused-ring (bicyclic) bond motifs is 1. The molecule has 0 saturated heterocycles. The summed E-state index contributed by atoms with van der Waals surface area (Å²) in [5, 5.41) is 3.61. The van der Waals surface area contributed by atoms with Gasteiger partial charge in [0.15, 0.2) is 0 Å². The summed E-state index contributed by atoms with van der Waals surface area (Å²) in [4.78, 5) is 22.0. The largest absolute Gasteiger partial charge is 0.465 e. The average Bonchev–Trinajstić information content (AvgIpc) is 3.05. The van der Waals surface area contributed by atoms with Gasteiger partial charge in [0.05, 0.1) is 12.0 Å². The van der Waals surface area contributed by atoms with Gasteiger partial charge in [-0.2, -0.15) is 0 Å². The van der Waals surface area contributed by atoms with Crippen molar-refractivity contribution < 1.29 is 9.53 Å². The summed E-state index contributed by atoms with van der Waals surface area (Å²) in [5.74, 6) is 0.120. The predicted octanol–water partition coefficient (Wildman–Crippen LogP) is 5.35. The van der Waals surface area contributed by atoms with Crippen molar-refractivity contribution >= 4 is 39.3 Å². The number of thioether (sulfide) groups is 1. The highest BCUT2D eigenvalue weighted by Crippen LogP contribution is 2.39. The van der Waals surface area contributed by atoms with Gasteiger partial charge in [-0.3, -0.25) is 4.79 Å². The van der Waals surface area contributed by atoms with Crippen LogP contribution in [0.3, 0.4) is 0 Å². The fourth-order valence-electron chi connectivity index (χ4n) is 2.46. The van der Waals surface area contributed by atoms with E-state index in [-0.39, 0.29) is 11.2 Å². The number of esters is 1. The van der Waals surface area contributed by atoms with Gasteiger partial charge in [0.2, 0.25) is 0 Å². The SMILES string of the molecule is Cc1ccc(-c2csc3ncnc(S[C@@H](C)C(=O)OCC(C)C)c23)cc1. The summed E-state index contributed by atoms with van der Waals surface area (Å²) in [6.45, 7) is 8.43. The Bertz CT molecular complexity index is 904. The molecule has 2 heterocycles. The smallest absolute Gasteiger partial charge is 0.319 e. The van der Waals surface area contributed by atoms with E-state index >= 15 is 0 Å². The molecule has 4 nitrogen and oxygen atoms in total. The van der Waals surface area contributed by atoms with E-state index in [1.165, 1.54) is 17.3 Å². The number of hydrogen-bond donors (Lipinski definition) is 0. The lowest BCUT2D eigenvalue weighted by Gasteiger charge is -2.13. The van der Waals surface area contributed by atoms with Crippen LogP contribution in [-0.4, -0.2) is 27.8 Å². The van der Waals surface area contributed by atoms with Crippen LogP contribution in [0.1, 0.15) is 26.3 Å². The van der Waals surface area contributed by atoms with Gasteiger partial charge in [-0.15, -0.1) is 11.3 Å². The zero-order valence-corrected chi connectivity index (χ0v) is 17.0. The molecule has 3 rings (SSSR count). The van der Waals surface area contributed by atoms with Crippen molar-refractivity contribution in [2.75, 3.05) is 6.61 Å². The molecule has 0 aliphatic rings. The maximum absolute atomic E-state index is 12.2. The molecule has 0 aliphatic heterocycles. The van der Waals surface area contributed by atoms with Crippen molar-refractivity contribution in [2.24, 2.45) is 5.92 Å². The van der Waals surface area contributed by atoms with Gasteiger partial charge < -0.3 is 4.74 Å². The number of nitrogens with zero attached hydrogens (tertiary/aromatic N) is 2. The highest BCUT2D eigenvalue weighted by Gasteiger charge is 2.21. The molecule has 6 heteroatoms. The number of aryl methyl sites for hydroxylation is 1. The zero-order valence-electron chi connectivity index (χ0n) is 15.4. The summed E-state index contributed by atoms with van der Waals surface area (Å²) in [6.07, 6.45) is 1.56. The first kappa shape index (κ1) is 18.9. The first-order chi connectivity index (χ1) is 12.5. The molecule has 0 radical (unpaired) electrons. The van der Waals surface area contributed by atoms with E-state index in [1.54, 1.807) is 17.7 Å². The van der Waals surface area contributed by atoms with E-state index < -0.39 is 0 Å². The Morgan fingerprint density at radius 1 is 1.19 bits per heavy atom. The summed E-state index contributed by atoms with van der Waals surface area (Å²) in [6, 6.07) is 8.42. The maximum atomic E-state index is 12.2. The first-order valence-electron chi connectivity index (χ1n) is 8.58. The van der Waals surface area contributed by atoms with Gasteiger partial charge >= 0.3 is 5.97 Å². The Kier molecular flexibility index (Phi) is 5.94. The quantitative estimate of drug-likeness (QED) is 0.325. The number of benzene rings is 1. The lowest BCUT2D eigenvalue weighted by Crippen LogP contribution is -2.19. The second kappa shape index (κ2) is 8.18. The lowest BCUT2D eigenvalue weighted by atomic mass is 10.1. The van der Waals surface area contributed by atoms with E-state index in [4.69, 9.17) is 4.74 Å². The van der Waals surface area contributed by atoms with Gasteiger partial charge in [0.25, 0.3) is 0 Å².